The van der Waals surface area contributed by atoms with E-state index in [1.54, 1.807) is 55.1 Å². The second-order valence-corrected chi connectivity index (χ2v) is 11.5. The van der Waals surface area contributed by atoms with Crippen molar-refractivity contribution in [2.24, 2.45) is 0 Å². The smallest absolute Gasteiger partial charge is 0.253 e. The predicted octanol–water partition coefficient (Wildman–Crippen LogP) is 2.17. The van der Waals surface area contributed by atoms with Gasteiger partial charge in [-0.05, 0) is 37.3 Å². The van der Waals surface area contributed by atoms with Gasteiger partial charge in [-0.25, -0.2) is 16.8 Å². The molecule has 2 aromatic carbocycles. The van der Waals surface area contributed by atoms with E-state index < -0.39 is 20.0 Å². The monoisotopic (exact) mass is 479 g/mol. The number of hydrogen-bond donors (Lipinski definition) is 0. The van der Waals surface area contributed by atoms with Gasteiger partial charge in [-0.2, -0.15) is 8.61 Å². The molecule has 2 aromatic rings. The van der Waals surface area contributed by atoms with Gasteiger partial charge in [0.15, 0.2) is 0 Å². The fourth-order valence-electron chi connectivity index (χ4n) is 3.68. The second kappa shape index (κ2) is 9.70. The molecule has 0 saturated carbocycles. The Morgan fingerprint density at radius 2 is 1.47 bits per heavy atom. The molecule has 0 atom stereocenters. The lowest BCUT2D eigenvalue weighted by Gasteiger charge is -2.34. The summed E-state index contributed by atoms with van der Waals surface area (Å²) in [6.07, 6.45) is 0. The van der Waals surface area contributed by atoms with Gasteiger partial charge < -0.3 is 4.90 Å². The van der Waals surface area contributed by atoms with Crippen LogP contribution in [0.25, 0.3) is 0 Å². The third-order valence-corrected chi connectivity index (χ3v) is 9.57. The first kappa shape index (κ1) is 24.4. The lowest BCUT2D eigenvalue weighted by atomic mass is 10.2. The molecule has 1 fully saturated rings. The van der Waals surface area contributed by atoms with Gasteiger partial charge >= 0.3 is 0 Å². The van der Waals surface area contributed by atoms with Gasteiger partial charge in [0.25, 0.3) is 5.91 Å². The van der Waals surface area contributed by atoms with E-state index in [1.807, 2.05) is 6.92 Å². The molecule has 3 rings (SSSR count). The van der Waals surface area contributed by atoms with Crippen LogP contribution >= 0.6 is 0 Å². The number of amides is 1. The Morgan fingerprint density at radius 1 is 0.875 bits per heavy atom. The Morgan fingerprint density at radius 3 is 2.03 bits per heavy atom. The van der Waals surface area contributed by atoms with Crippen molar-refractivity contribution >= 4 is 26.0 Å². The van der Waals surface area contributed by atoms with Crippen molar-refractivity contribution in [3.8, 4) is 0 Å². The normalized spacial score (nSPS) is 15.8. The van der Waals surface area contributed by atoms with Gasteiger partial charge in [0, 0.05) is 44.8 Å². The average molecular weight is 480 g/mol. The highest BCUT2D eigenvalue weighted by molar-refractivity contribution is 7.89. The molecule has 1 heterocycles. The number of aryl methyl sites for hydroxylation is 1. The first-order chi connectivity index (χ1) is 15.1. The largest absolute Gasteiger partial charge is 0.336 e. The van der Waals surface area contributed by atoms with Crippen LogP contribution in [0, 0.1) is 6.92 Å². The molecular weight excluding hydrogens is 450 g/mol. The molecule has 1 aliphatic rings. The number of piperazine rings is 1. The van der Waals surface area contributed by atoms with Crippen molar-refractivity contribution < 1.29 is 21.6 Å². The quantitative estimate of drug-likeness (QED) is 0.607. The van der Waals surface area contributed by atoms with E-state index in [4.69, 9.17) is 0 Å². The molecule has 1 aliphatic heterocycles. The minimum Gasteiger partial charge on any atom is -0.336 e. The third kappa shape index (κ3) is 4.88. The molecule has 32 heavy (non-hydrogen) atoms. The fourth-order valence-corrected chi connectivity index (χ4v) is 6.60. The van der Waals surface area contributed by atoms with Crippen LogP contribution in [-0.4, -0.2) is 75.5 Å². The Balaban J connectivity index is 1.73. The van der Waals surface area contributed by atoms with Crippen LogP contribution in [-0.2, 0) is 20.0 Å². The topological polar surface area (TPSA) is 95.1 Å². The summed E-state index contributed by atoms with van der Waals surface area (Å²) in [5.74, 6) is -0.311. The lowest BCUT2D eigenvalue weighted by molar-refractivity contribution is 0.0697. The van der Waals surface area contributed by atoms with Gasteiger partial charge in [0.1, 0.15) is 0 Å². The molecule has 0 spiro atoms. The number of carbonyl (C=O) groups is 1. The summed E-state index contributed by atoms with van der Waals surface area (Å²) in [6, 6.07) is 12.7. The maximum absolute atomic E-state index is 13.0. The summed E-state index contributed by atoms with van der Waals surface area (Å²) >= 11 is 0. The second-order valence-electron chi connectivity index (χ2n) is 7.63. The van der Waals surface area contributed by atoms with E-state index in [0.29, 0.717) is 13.1 Å². The molecule has 0 bridgehead atoms. The molecule has 0 aromatic heterocycles. The van der Waals surface area contributed by atoms with E-state index in [0.717, 1.165) is 5.56 Å². The van der Waals surface area contributed by atoms with Crippen molar-refractivity contribution in [3.63, 3.8) is 0 Å². The molecule has 0 unspecified atom stereocenters. The first-order valence-electron chi connectivity index (χ1n) is 10.6. The summed E-state index contributed by atoms with van der Waals surface area (Å²) in [4.78, 5) is 14.9. The van der Waals surface area contributed by atoms with E-state index >= 15 is 0 Å². The van der Waals surface area contributed by atoms with Gasteiger partial charge in [0.2, 0.25) is 20.0 Å². The molecule has 8 nitrogen and oxygen atoms in total. The van der Waals surface area contributed by atoms with E-state index in [9.17, 15) is 21.6 Å². The summed E-state index contributed by atoms with van der Waals surface area (Å²) in [6.45, 7) is 6.93. The maximum Gasteiger partial charge on any atom is 0.253 e. The Bertz CT molecular complexity index is 1170. The zero-order valence-corrected chi connectivity index (χ0v) is 20.2. The average Bonchev–Trinajstić information content (AvgIpc) is 2.79. The van der Waals surface area contributed by atoms with Crippen LogP contribution in [0.2, 0.25) is 0 Å². The highest BCUT2D eigenvalue weighted by atomic mass is 32.2. The maximum atomic E-state index is 13.0. The summed E-state index contributed by atoms with van der Waals surface area (Å²) in [7, 11) is -7.30. The van der Waals surface area contributed by atoms with Crippen LogP contribution in [0.15, 0.2) is 58.3 Å². The number of carbonyl (C=O) groups excluding carboxylic acids is 1. The summed E-state index contributed by atoms with van der Waals surface area (Å²) in [5.41, 5.74) is 1.25. The highest BCUT2D eigenvalue weighted by Crippen LogP contribution is 2.21. The van der Waals surface area contributed by atoms with Crippen LogP contribution in [0.4, 0.5) is 0 Å². The standard InChI is InChI=1S/C22H29N3O5S2/c1-4-24(5-2)32(29,30)21-8-6-7-19(17-21)22(26)23-13-15-25(16-14-23)31(27,28)20-11-9-18(3)10-12-20/h6-12,17H,4-5,13-16H2,1-3H3. The fraction of sp³-hybridized carbons (Fsp3) is 0.409. The van der Waals surface area contributed by atoms with Crippen molar-refractivity contribution in [2.45, 2.75) is 30.6 Å². The van der Waals surface area contributed by atoms with E-state index in [2.05, 4.69) is 0 Å². The molecule has 174 valence electrons. The summed E-state index contributed by atoms with van der Waals surface area (Å²) < 4.78 is 54.0. The Hall–Kier alpha value is -2.27. The van der Waals surface area contributed by atoms with Crippen LogP contribution in [0.5, 0.6) is 0 Å². The highest BCUT2D eigenvalue weighted by Gasteiger charge is 2.31. The Labute approximate surface area is 190 Å². The van der Waals surface area contributed by atoms with Crippen LogP contribution in [0.3, 0.4) is 0 Å². The zero-order chi connectivity index (χ0) is 23.5. The third-order valence-electron chi connectivity index (χ3n) is 5.61. The molecular formula is C22H29N3O5S2. The van der Waals surface area contributed by atoms with Gasteiger partial charge in [0.05, 0.1) is 9.79 Å². The molecule has 1 saturated heterocycles. The zero-order valence-electron chi connectivity index (χ0n) is 18.6. The van der Waals surface area contributed by atoms with Crippen molar-refractivity contribution in [3.05, 3.63) is 59.7 Å². The van der Waals surface area contributed by atoms with Crippen molar-refractivity contribution in [1.29, 1.82) is 0 Å². The van der Waals surface area contributed by atoms with Crippen molar-refractivity contribution in [1.82, 2.24) is 13.5 Å². The van der Waals surface area contributed by atoms with Gasteiger partial charge in [-0.1, -0.05) is 37.6 Å². The van der Waals surface area contributed by atoms with E-state index in [1.165, 1.54) is 20.7 Å². The number of sulfonamides is 2. The molecule has 10 heteroatoms. The van der Waals surface area contributed by atoms with Crippen LogP contribution < -0.4 is 0 Å². The minimum atomic E-state index is -3.67. The molecule has 0 radical (unpaired) electrons. The number of rotatable bonds is 7. The number of hydrogen-bond acceptors (Lipinski definition) is 5. The lowest BCUT2D eigenvalue weighted by Crippen LogP contribution is -2.50. The predicted molar refractivity (Wildman–Crippen MR) is 122 cm³/mol. The number of nitrogens with zero attached hydrogens (tertiary/aromatic N) is 3. The molecule has 0 N–H and O–H groups in total. The van der Waals surface area contributed by atoms with E-state index in [-0.39, 0.29) is 47.4 Å². The first-order valence-corrected chi connectivity index (χ1v) is 13.5. The van der Waals surface area contributed by atoms with Gasteiger partial charge in [-0.15, -0.1) is 0 Å². The van der Waals surface area contributed by atoms with Crippen molar-refractivity contribution in [2.75, 3.05) is 39.3 Å². The van der Waals surface area contributed by atoms with Gasteiger partial charge in [-0.3, -0.25) is 4.79 Å². The Kier molecular flexibility index (Phi) is 7.39. The molecule has 0 aliphatic carbocycles. The van der Waals surface area contributed by atoms with Crippen LogP contribution in [0.1, 0.15) is 29.8 Å². The minimum absolute atomic E-state index is 0.0765. The molecule has 1 amide bonds. The number of benzene rings is 2. The SMILES string of the molecule is CCN(CC)S(=O)(=O)c1cccc(C(=O)N2CCN(S(=O)(=O)c3ccc(C)cc3)CC2)c1. The summed E-state index contributed by atoms with van der Waals surface area (Å²) in [5, 5.41) is 0.